The molecule has 0 aromatic rings. The van der Waals surface area contributed by atoms with Gasteiger partial charge in [0.1, 0.15) is 0 Å². The van der Waals surface area contributed by atoms with Crippen LogP contribution in [0.4, 0.5) is 0 Å². The maximum absolute atomic E-state index is 11.7. The minimum atomic E-state index is 0.00259. The zero-order valence-corrected chi connectivity index (χ0v) is 9.25. The molecule has 0 aromatic heterocycles. The van der Waals surface area contributed by atoms with E-state index in [0.29, 0.717) is 18.5 Å². The Balaban J connectivity index is 2.39. The second-order valence-corrected chi connectivity index (χ2v) is 4.36. The number of carbonyl (C=O) groups is 1. The molecular formula is C11H22N2O. The molecule has 0 radical (unpaired) electrons. The van der Waals surface area contributed by atoms with Crippen molar-refractivity contribution in [3.8, 4) is 0 Å². The summed E-state index contributed by atoms with van der Waals surface area (Å²) in [7, 11) is 0. The van der Waals surface area contributed by atoms with Crippen LogP contribution in [0.25, 0.3) is 0 Å². The Hall–Kier alpha value is -0.570. The summed E-state index contributed by atoms with van der Waals surface area (Å²) in [4.78, 5) is 11.7. The number of nitrogens with two attached hydrogens (primary N) is 1. The average molecular weight is 198 g/mol. The van der Waals surface area contributed by atoms with Crippen LogP contribution in [0.3, 0.4) is 0 Å². The second kappa shape index (κ2) is 5.35. The molecule has 1 saturated carbocycles. The largest absolute Gasteiger partial charge is 0.353 e. The summed E-state index contributed by atoms with van der Waals surface area (Å²) in [5, 5.41) is 3.11. The highest BCUT2D eigenvalue weighted by molar-refractivity contribution is 5.79. The van der Waals surface area contributed by atoms with Crippen LogP contribution < -0.4 is 11.1 Å². The highest BCUT2D eigenvalue weighted by Crippen LogP contribution is 2.25. The van der Waals surface area contributed by atoms with Crippen LogP contribution >= 0.6 is 0 Å². The van der Waals surface area contributed by atoms with Gasteiger partial charge in [-0.2, -0.15) is 0 Å². The molecule has 14 heavy (non-hydrogen) atoms. The molecule has 3 unspecified atom stereocenters. The molecule has 1 aliphatic carbocycles. The predicted octanol–water partition coefficient (Wildman–Crippen LogP) is 1.28. The van der Waals surface area contributed by atoms with E-state index in [9.17, 15) is 4.79 Å². The number of amides is 1. The third kappa shape index (κ3) is 2.71. The maximum Gasteiger partial charge on any atom is 0.224 e. The minimum Gasteiger partial charge on any atom is -0.353 e. The summed E-state index contributed by atoms with van der Waals surface area (Å²) in [6.45, 7) is 4.68. The van der Waals surface area contributed by atoms with Crippen molar-refractivity contribution in [3.63, 3.8) is 0 Å². The van der Waals surface area contributed by atoms with E-state index in [0.717, 1.165) is 12.8 Å². The highest BCUT2D eigenvalue weighted by atomic mass is 16.1. The first-order chi connectivity index (χ1) is 6.69. The monoisotopic (exact) mass is 198 g/mol. The summed E-state index contributed by atoms with van der Waals surface area (Å²) >= 11 is 0. The standard InChI is InChI=1S/C11H22N2O/c1-3-9(7-12)11(14)13-10-6-4-5-8(10)2/h8-10H,3-7,12H2,1-2H3,(H,13,14). The highest BCUT2D eigenvalue weighted by Gasteiger charge is 2.26. The van der Waals surface area contributed by atoms with Gasteiger partial charge in [-0.05, 0) is 25.2 Å². The van der Waals surface area contributed by atoms with Gasteiger partial charge in [0.2, 0.25) is 5.91 Å². The smallest absolute Gasteiger partial charge is 0.224 e. The normalized spacial score (nSPS) is 28.8. The van der Waals surface area contributed by atoms with Crippen molar-refractivity contribution < 1.29 is 4.79 Å². The van der Waals surface area contributed by atoms with Gasteiger partial charge >= 0.3 is 0 Å². The first-order valence-electron chi connectivity index (χ1n) is 5.69. The Morgan fingerprint density at radius 3 is 2.71 bits per heavy atom. The summed E-state index contributed by atoms with van der Waals surface area (Å²) < 4.78 is 0. The first-order valence-corrected chi connectivity index (χ1v) is 5.69. The molecule has 0 spiro atoms. The minimum absolute atomic E-state index is 0.00259. The van der Waals surface area contributed by atoms with Gasteiger partial charge in [-0.3, -0.25) is 4.79 Å². The molecule has 0 aliphatic heterocycles. The molecule has 82 valence electrons. The topological polar surface area (TPSA) is 55.1 Å². The summed E-state index contributed by atoms with van der Waals surface area (Å²) in [5.74, 6) is 0.783. The molecule has 1 rings (SSSR count). The third-order valence-electron chi connectivity index (χ3n) is 3.34. The van der Waals surface area contributed by atoms with Crippen molar-refractivity contribution in [3.05, 3.63) is 0 Å². The number of nitrogens with one attached hydrogen (secondary N) is 1. The fourth-order valence-electron chi connectivity index (χ4n) is 2.12. The zero-order valence-electron chi connectivity index (χ0n) is 9.25. The van der Waals surface area contributed by atoms with Crippen LogP contribution in [0, 0.1) is 11.8 Å². The fourth-order valence-corrected chi connectivity index (χ4v) is 2.12. The van der Waals surface area contributed by atoms with Gasteiger partial charge < -0.3 is 11.1 Å². The molecule has 1 fully saturated rings. The van der Waals surface area contributed by atoms with Crippen LogP contribution in [-0.2, 0) is 4.79 Å². The summed E-state index contributed by atoms with van der Waals surface area (Å²) in [6.07, 6.45) is 4.45. The SMILES string of the molecule is CCC(CN)C(=O)NC1CCCC1C. The molecule has 3 heteroatoms. The van der Waals surface area contributed by atoms with Crippen LogP contribution in [0.1, 0.15) is 39.5 Å². The quantitative estimate of drug-likeness (QED) is 0.715. The number of hydrogen-bond acceptors (Lipinski definition) is 2. The molecule has 3 N–H and O–H groups in total. The van der Waals surface area contributed by atoms with Crippen LogP contribution in [0.15, 0.2) is 0 Å². The summed E-state index contributed by atoms with van der Waals surface area (Å²) in [5.41, 5.74) is 5.53. The van der Waals surface area contributed by atoms with Gasteiger partial charge in [-0.25, -0.2) is 0 Å². The number of hydrogen-bond donors (Lipinski definition) is 2. The van der Waals surface area contributed by atoms with E-state index >= 15 is 0 Å². The average Bonchev–Trinajstić information content (AvgIpc) is 2.54. The Morgan fingerprint density at radius 2 is 2.29 bits per heavy atom. The van der Waals surface area contributed by atoms with Gasteiger partial charge in [0, 0.05) is 18.5 Å². The van der Waals surface area contributed by atoms with Gasteiger partial charge in [-0.1, -0.05) is 20.3 Å². The Morgan fingerprint density at radius 1 is 1.57 bits per heavy atom. The number of rotatable bonds is 4. The van der Waals surface area contributed by atoms with Crippen molar-refractivity contribution in [1.82, 2.24) is 5.32 Å². The maximum atomic E-state index is 11.7. The van der Waals surface area contributed by atoms with E-state index in [-0.39, 0.29) is 11.8 Å². The molecule has 0 aromatic carbocycles. The lowest BCUT2D eigenvalue weighted by atomic mass is 10.0. The summed E-state index contributed by atoms with van der Waals surface area (Å²) in [6, 6.07) is 0.392. The molecule has 0 heterocycles. The lowest BCUT2D eigenvalue weighted by Crippen LogP contribution is -2.42. The first kappa shape index (κ1) is 11.5. The van der Waals surface area contributed by atoms with E-state index in [1.54, 1.807) is 0 Å². The van der Waals surface area contributed by atoms with Gasteiger partial charge in [0.25, 0.3) is 0 Å². The van der Waals surface area contributed by atoms with Gasteiger partial charge in [-0.15, -0.1) is 0 Å². The second-order valence-electron chi connectivity index (χ2n) is 4.36. The van der Waals surface area contributed by atoms with E-state index in [1.165, 1.54) is 12.8 Å². The fraction of sp³-hybridized carbons (Fsp3) is 0.909. The number of carbonyl (C=O) groups excluding carboxylic acids is 1. The zero-order chi connectivity index (χ0) is 10.6. The molecule has 1 amide bonds. The van der Waals surface area contributed by atoms with Crippen LogP contribution in [0.5, 0.6) is 0 Å². The van der Waals surface area contributed by atoms with E-state index < -0.39 is 0 Å². The Bertz CT molecular complexity index is 190. The molecule has 0 bridgehead atoms. The van der Waals surface area contributed by atoms with Crippen molar-refractivity contribution in [2.24, 2.45) is 17.6 Å². The molecule has 3 atom stereocenters. The van der Waals surface area contributed by atoms with E-state index in [2.05, 4.69) is 12.2 Å². The van der Waals surface area contributed by atoms with Gasteiger partial charge in [0.05, 0.1) is 0 Å². The molecular weight excluding hydrogens is 176 g/mol. The lowest BCUT2D eigenvalue weighted by Gasteiger charge is -2.20. The van der Waals surface area contributed by atoms with Gasteiger partial charge in [0.15, 0.2) is 0 Å². The Labute approximate surface area is 86.4 Å². The van der Waals surface area contributed by atoms with Crippen molar-refractivity contribution in [2.45, 2.75) is 45.6 Å². The molecule has 1 aliphatic rings. The molecule has 3 nitrogen and oxygen atoms in total. The predicted molar refractivity (Wildman–Crippen MR) is 57.8 cm³/mol. The molecule has 0 saturated heterocycles. The van der Waals surface area contributed by atoms with E-state index in [1.807, 2.05) is 6.92 Å². The van der Waals surface area contributed by atoms with Crippen molar-refractivity contribution in [1.29, 1.82) is 0 Å². The van der Waals surface area contributed by atoms with E-state index in [4.69, 9.17) is 5.73 Å². The van der Waals surface area contributed by atoms with Crippen molar-refractivity contribution in [2.75, 3.05) is 6.54 Å². The lowest BCUT2D eigenvalue weighted by molar-refractivity contribution is -0.125. The third-order valence-corrected chi connectivity index (χ3v) is 3.34. The van der Waals surface area contributed by atoms with Crippen molar-refractivity contribution >= 4 is 5.91 Å². The van der Waals surface area contributed by atoms with Crippen LogP contribution in [-0.4, -0.2) is 18.5 Å². The van der Waals surface area contributed by atoms with Crippen LogP contribution in [0.2, 0.25) is 0 Å². The Kier molecular flexibility index (Phi) is 4.39.